The fraction of sp³-hybridized carbons (Fsp3) is 0.400. The van der Waals surface area contributed by atoms with Crippen LogP contribution in [0.1, 0.15) is 0 Å². The van der Waals surface area contributed by atoms with E-state index in [9.17, 15) is 4.79 Å². The average molecular weight is 204 g/mol. The summed E-state index contributed by atoms with van der Waals surface area (Å²) in [6.07, 6.45) is 1.86. The highest BCUT2D eigenvalue weighted by Gasteiger charge is 2.04. The summed E-state index contributed by atoms with van der Waals surface area (Å²) in [5.41, 5.74) is 5.32. The maximum Gasteiger partial charge on any atom is 0.236 e. The number of nitrogens with one attached hydrogen (secondary N) is 1. The van der Waals surface area contributed by atoms with Gasteiger partial charge in [0.1, 0.15) is 0 Å². The summed E-state index contributed by atoms with van der Waals surface area (Å²) in [6, 6.07) is 0. The van der Waals surface area contributed by atoms with Gasteiger partial charge in [0.15, 0.2) is 0 Å². The zero-order valence-corrected chi connectivity index (χ0v) is 8.04. The number of carbonyl (C=O) groups excluding carboxylic acids is 1. The van der Waals surface area contributed by atoms with Gasteiger partial charge in [-0.2, -0.15) is 11.8 Å². The summed E-state index contributed by atoms with van der Waals surface area (Å²) in [7, 11) is 0. The Bertz CT molecular complexity index is 274. The van der Waals surface area contributed by atoms with E-state index < -0.39 is 0 Å². The third-order valence-electron chi connectivity index (χ3n) is 0.962. The predicted octanol–water partition coefficient (Wildman–Crippen LogP) is 0.422. The number of rotatable bonds is 3. The van der Waals surface area contributed by atoms with Gasteiger partial charge in [-0.3, -0.25) is 10.1 Å². The van der Waals surface area contributed by atoms with Gasteiger partial charge in [0.2, 0.25) is 16.2 Å². The van der Waals surface area contributed by atoms with Crippen molar-refractivity contribution in [1.82, 2.24) is 10.2 Å². The van der Waals surface area contributed by atoms with E-state index in [0.717, 1.165) is 11.3 Å². The molecule has 0 unspecified atom stereocenters. The molecule has 1 aromatic rings. The van der Waals surface area contributed by atoms with E-state index in [1.165, 1.54) is 11.8 Å². The highest BCUT2D eigenvalue weighted by atomic mass is 32.2. The SMILES string of the molecule is CSCC(=O)Nc1nnc(N)s1. The number of aromatic nitrogens is 2. The van der Waals surface area contributed by atoms with E-state index in [0.29, 0.717) is 16.0 Å². The topological polar surface area (TPSA) is 80.9 Å². The smallest absolute Gasteiger partial charge is 0.236 e. The molecule has 1 amide bonds. The monoisotopic (exact) mass is 204 g/mol. The molecule has 0 radical (unpaired) electrons. The van der Waals surface area contributed by atoms with Gasteiger partial charge in [-0.1, -0.05) is 11.3 Å². The van der Waals surface area contributed by atoms with Crippen LogP contribution in [0.2, 0.25) is 0 Å². The van der Waals surface area contributed by atoms with Crippen LogP contribution < -0.4 is 11.1 Å². The average Bonchev–Trinajstić information content (AvgIpc) is 2.36. The van der Waals surface area contributed by atoms with Crippen LogP contribution in [0.15, 0.2) is 0 Å². The lowest BCUT2D eigenvalue weighted by Gasteiger charge is -1.96. The highest BCUT2D eigenvalue weighted by Crippen LogP contribution is 2.16. The zero-order chi connectivity index (χ0) is 8.97. The molecular weight excluding hydrogens is 196 g/mol. The summed E-state index contributed by atoms with van der Waals surface area (Å²) >= 11 is 2.61. The van der Waals surface area contributed by atoms with Crippen LogP contribution in [0.3, 0.4) is 0 Å². The highest BCUT2D eigenvalue weighted by molar-refractivity contribution is 7.99. The molecule has 0 spiro atoms. The van der Waals surface area contributed by atoms with Crippen molar-refractivity contribution in [2.75, 3.05) is 23.1 Å². The Labute approximate surface area is 77.7 Å². The molecule has 0 bridgehead atoms. The van der Waals surface area contributed by atoms with Gasteiger partial charge in [-0.15, -0.1) is 10.2 Å². The molecule has 0 fully saturated rings. The second-order valence-electron chi connectivity index (χ2n) is 1.93. The minimum Gasteiger partial charge on any atom is -0.374 e. The molecule has 1 rings (SSSR count). The van der Waals surface area contributed by atoms with Crippen LogP contribution >= 0.6 is 23.1 Å². The van der Waals surface area contributed by atoms with Crippen LogP contribution in [0.4, 0.5) is 10.3 Å². The van der Waals surface area contributed by atoms with E-state index in [4.69, 9.17) is 5.73 Å². The van der Waals surface area contributed by atoms with E-state index in [2.05, 4.69) is 15.5 Å². The molecule has 1 aromatic heterocycles. The van der Waals surface area contributed by atoms with Crippen molar-refractivity contribution < 1.29 is 4.79 Å². The number of nitrogen functional groups attached to an aromatic ring is 1. The molecule has 0 aliphatic carbocycles. The van der Waals surface area contributed by atoms with E-state index in [1.807, 2.05) is 6.26 Å². The molecule has 0 aliphatic rings. The molecular formula is C5H8N4OS2. The molecule has 0 atom stereocenters. The van der Waals surface area contributed by atoms with Crippen molar-refractivity contribution in [2.24, 2.45) is 0 Å². The van der Waals surface area contributed by atoms with Crippen molar-refractivity contribution in [2.45, 2.75) is 0 Å². The van der Waals surface area contributed by atoms with Crippen molar-refractivity contribution in [3.05, 3.63) is 0 Å². The Balaban J connectivity index is 2.46. The van der Waals surface area contributed by atoms with Crippen molar-refractivity contribution >= 4 is 39.3 Å². The third kappa shape index (κ3) is 2.67. The Hall–Kier alpha value is -0.820. The van der Waals surface area contributed by atoms with Crippen LogP contribution in [0.5, 0.6) is 0 Å². The van der Waals surface area contributed by atoms with Crippen LogP contribution in [-0.2, 0) is 4.79 Å². The lowest BCUT2D eigenvalue weighted by atomic mass is 10.7. The number of hydrogen-bond donors (Lipinski definition) is 2. The number of nitrogens with two attached hydrogens (primary N) is 1. The van der Waals surface area contributed by atoms with Crippen molar-refractivity contribution in [1.29, 1.82) is 0 Å². The quantitative estimate of drug-likeness (QED) is 0.746. The largest absolute Gasteiger partial charge is 0.374 e. The van der Waals surface area contributed by atoms with Crippen LogP contribution in [0.25, 0.3) is 0 Å². The fourth-order valence-electron chi connectivity index (χ4n) is 0.572. The Morgan fingerprint density at radius 2 is 2.50 bits per heavy atom. The molecule has 5 nitrogen and oxygen atoms in total. The molecule has 7 heteroatoms. The molecule has 1 heterocycles. The molecule has 3 N–H and O–H groups in total. The minimum absolute atomic E-state index is 0.0846. The third-order valence-corrected chi connectivity index (χ3v) is 2.18. The summed E-state index contributed by atoms with van der Waals surface area (Å²) < 4.78 is 0. The minimum atomic E-state index is -0.0846. The summed E-state index contributed by atoms with van der Waals surface area (Å²) in [5, 5.41) is 10.6. The molecule has 0 aliphatic heterocycles. The Morgan fingerprint density at radius 3 is 3.00 bits per heavy atom. The van der Waals surface area contributed by atoms with Gasteiger partial charge in [0.25, 0.3) is 0 Å². The Kier molecular flexibility index (Phi) is 3.30. The fourth-order valence-corrected chi connectivity index (χ4v) is 1.43. The maximum absolute atomic E-state index is 11.0. The number of nitrogens with zero attached hydrogens (tertiary/aromatic N) is 2. The van der Waals surface area contributed by atoms with Gasteiger partial charge in [-0.05, 0) is 6.26 Å². The van der Waals surface area contributed by atoms with Gasteiger partial charge < -0.3 is 5.73 Å². The van der Waals surface area contributed by atoms with Gasteiger partial charge >= 0.3 is 0 Å². The molecule has 0 saturated heterocycles. The number of thioether (sulfide) groups is 1. The maximum atomic E-state index is 11.0. The van der Waals surface area contributed by atoms with E-state index >= 15 is 0 Å². The lowest BCUT2D eigenvalue weighted by molar-refractivity contribution is -0.113. The number of anilines is 2. The molecule has 12 heavy (non-hydrogen) atoms. The lowest BCUT2D eigenvalue weighted by Crippen LogP contribution is -2.13. The van der Waals surface area contributed by atoms with E-state index in [-0.39, 0.29) is 5.91 Å². The van der Waals surface area contributed by atoms with Gasteiger partial charge in [-0.25, -0.2) is 0 Å². The standard InChI is InChI=1S/C5H8N4OS2/c1-11-2-3(10)7-5-9-8-4(6)12-5/h2H2,1H3,(H2,6,8)(H,7,9,10). The first-order valence-corrected chi connectivity index (χ1v) is 5.31. The van der Waals surface area contributed by atoms with Crippen LogP contribution in [0, 0.1) is 0 Å². The Morgan fingerprint density at radius 1 is 1.75 bits per heavy atom. The summed E-state index contributed by atoms with van der Waals surface area (Å²) in [4.78, 5) is 11.0. The van der Waals surface area contributed by atoms with Crippen LogP contribution in [-0.4, -0.2) is 28.1 Å². The second-order valence-corrected chi connectivity index (χ2v) is 3.80. The molecule has 0 saturated carbocycles. The zero-order valence-electron chi connectivity index (χ0n) is 6.40. The molecule has 0 aromatic carbocycles. The summed E-state index contributed by atoms with van der Waals surface area (Å²) in [5.74, 6) is 0.332. The first-order valence-electron chi connectivity index (χ1n) is 3.10. The van der Waals surface area contributed by atoms with E-state index in [1.54, 1.807) is 0 Å². The first-order chi connectivity index (χ1) is 5.72. The second kappa shape index (κ2) is 4.27. The predicted molar refractivity (Wildman–Crippen MR) is 51.3 cm³/mol. The normalized spacial score (nSPS) is 9.75. The summed E-state index contributed by atoms with van der Waals surface area (Å²) in [6.45, 7) is 0. The van der Waals surface area contributed by atoms with Crippen molar-refractivity contribution in [3.63, 3.8) is 0 Å². The van der Waals surface area contributed by atoms with Crippen molar-refractivity contribution in [3.8, 4) is 0 Å². The number of hydrogen-bond acceptors (Lipinski definition) is 6. The molecule has 66 valence electrons. The van der Waals surface area contributed by atoms with Gasteiger partial charge in [0, 0.05) is 0 Å². The first kappa shape index (κ1) is 9.27. The van der Waals surface area contributed by atoms with Gasteiger partial charge in [0.05, 0.1) is 5.75 Å². The number of amides is 1. The number of carbonyl (C=O) groups is 1.